The second-order valence-electron chi connectivity index (χ2n) is 4.92. The Morgan fingerprint density at radius 1 is 1.29 bits per heavy atom. The number of ether oxygens (including phenoxy) is 1. The number of amides is 1. The van der Waals surface area contributed by atoms with Crippen LogP contribution in [0.1, 0.15) is 16.1 Å². The first-order valence-electron chi connectivity index (χ1n) is 7.06. The minimum Gasteiger partial charge on any atom is -0.465 e. The van der Waals surface area contributed by atoms with Gasteiger partial charge in [-0.05, 0) is 48.2 Å². The predicted molar refractivity (Wildman–Crippen MR) is 91.9 cm³/mol. The number of nitrogens with zero attached hydrogens (tertiary/aromatic N) is 2. The van der Waals surface area contributed by atoms with Gasteiger partial charge in [-0.25, -0.2) is 9.79 Å². The molecule has 6 nitrogen and oxygen atoms in total. The normalized spacial score (nSPS) is 17.8. The summed E-state index contributed by atoms with van der Waals surface area (Å²) in [5, 5.41) is 0.559. The fraction of sp³-hybridized carbons (Fsp3) is 0.118. The molecule has 0 bridgehead atoms. The fourth-order valence-electron chi connectivity index (χ4n) is 2.05. The molecule has 122 valence electrons. The first kappa shape index (κ1) is 16.1. The number of furan rings is 1. The van der Waals surface area contributed by atoms with E-state index in [1.165, 1.54) is 23.8 Å². The summed E-state index contributed by atoms with van der Waals surface area (Å²) in [7, 11) is 3.00. The van der Waals surface area contributed by atoms with Gasteiger partial charge in [-0.2, -0.15) is 0 Å². The molecule has 3 rings (SSSR count). The van der Waals surface area contributed by atoms with Crippen LogP contribution in [-0.2, 0) is 9.53 Å². The first-order chi connectivity index (χ1) is 11.6. The fourth-order valence-corrected chi connectivity index (χ4v) is 3.02. The molecule has 2 aromatic rings. The number of esters is 1. The maximum Gasteiger partial charge on any atom is 0.337 e. The van der Waals surface area contributed by atoms with Crippen LogP contribution in [-0.4, -0.2) is 36.1 Å². The second-order valence-corrected chi connectivity index (χ2v) is 5.93. The molecule has 7 heteroatoms. The summed E-state index contributed by atoms with van der Waals surface area (Å²) >= 11 is 1.27. The van der Waals surface area contributed by atoms with E-state index in [-0.39, 0.29) is 5.91 Å². The summed E-state index contributed by atoms with van der Waals surface area (Å²) < 4.78 is 9.89. The molecule has 0 spiro atoms. The van der Waals surface area contributed by atoms with Gasteiger partial charge in [-0.3, -0.25) is 9.69 Å². The zero-order valence-corrected chi connectivity index (χ0v) is 13.9. The minimum atomic E-state index is -0.402. The number of aliphatic imine (C=N–C) groups is 1. The molecule has 24 heavy (non-hydrogen) atoms. The number of hydrogen-bond acceptors (Lipinski definition) is 6. The molecular formula is C17H14N2O4S. The van der Waals surface area contributed by atoms with E-state index in [9.17, 15) is 9.59 Å². The van der Waals surface area contributed by atoms with Crippen LogP contribution in [0, 0.1) is 0 Å². The van der Waals surface area contributed by atoms with Gasteiger partial charge in [0.25, 0.3) is 5.91 Å². The van der Waals surface area contributed by atoms with Gasteiger partial charge in [0.05, 0.1) is 29.5 Å². The molecule has 1 saturated heterocycles. The maximum atomic E-state index is 12.3. The summed E-state index contributed by atoms with van der Waals surface area (Å²) in [6.07, 6.45) is 3.24. The van der Waals surface area contributed by atoms with E-state index in [0.29, 0.717) is 27.1 Å². The van der Waals surface area contributed by atoms with Crippen molar-refractivity contribution in [1.82, 2.24) is 4.90 Å². The summed E-state index contributed by atoms with van der Waals surface area (Å²) in [6, 6.07) is 10.2. The molecule has 1 aromatic carbocycles. The standard InChI is InChI=1S/C17H14N2O4S/c1-19-15(20)14(10-13-4-3-9-23-13)24-17(19)18-12-7-5-11(6-8-12)16(21)22-2/h3-10H,1-2H3/b14-10+,18-17?. The average Bonchev–Trinajstić information content (AvgIpc) is 3.20. The number of likely N-dealkylation sites (N-methyl/N-ethyl adjacent to an activating group) is 1. The Morgan fingerprint density at radius 3 is 2.67 bits per heavy atom. The van der Waals surface area contributed by atoms with Crippen LogP contribution in [0.25, 0.3) is 6.08 Å². The number of carbonyl (C=O) groups is 2. The Hall–Kier alpha value is -2.80. The van der Waals surface area contributed by atoms with Crippen LogP contribution in [0.5, 0.6) is 0 Å². The van der Waals surface area contributed by atoms with Crippen LogP contribution in [0.15, 0.2) is 57.0 Å². The maximum absolute atomic E-state index is 12.3. The molecule has 1 aliphatic rings. The SMILES string of the molecule is COC(=O)c1ccc(N=C2S/C(=C/c3ccco3)C(=O)N2C)cc1. The molecule has 0 N–H and O–H groups in total. The van der Waals surface area contributed by atoms with Gasteiger partial charge in [0.15, 0.2) is 5.17 Å². The summed E-state index contributed by atoms with van der Waals surface area (Å²) in [5.41, 5.74) is 1.09. The van der Waals surface area contributed by atoms with Crippen LogP contribution < -0.4 is 0 Å². The Labute approximate surface area is 142 Å². The van der Waals surface area contributed by atoms with Crippen molar-refractivity contribution in [2.45, 2.75) is 0 Å². The van der Waals surface area contributed by atoms with Crippen LogP contribution in [0.2, 0.25) is 0 Å². The van der Waals surface area contributed by atoms with Gasteiger partial charge in [0, 0.05) is 13.1 Å². The van der Waals surface area contributed by atoms with Gasteiger partial charge in [0.1, 0.15) is 5.76 Å². The number of rotatable bonds is 3. The number of methoxy groups -OCH3 is 1. The molecule has 1 fully saturated rings. The van der Waals surface area contributed by atoms with Crippen molar-refractivity contribution >= 4 is 40.6 Å². The topological polar surface area (TPSA) is 72.1 Å². The Balaban J connectivity index is 1.83. The molecule has 1 amide bonds. The molecule has 0 unspecified atom stereocenters. The Morgan fingerprint density at radius 2 is 2.04 bits per heavy atom. The largest absolute Gasteiger partial charge is 0.465 e. The molecule has 2 heterocycles. The lowest BCUT2D eigenvalue weighted by molar-refractivity contribution is -0.121. The van der Waals surface area contributed by atoms with Gasteiger partial charge in [0.2, 0.25) is 0 Å². The van der Waals surface area contributed by atoms with Gasteiger partial charge >= 0.3 is 5.97 Å². The van der Waals surface area contributed by atoms with E-state index in [0.717, 1.165) is 0 Å². The smallest absolute Gasteiger partial charge is 0.337 e. The number of thioether (sulfide) groups is 1. The Kier molecular flexibility index (Phi) is 4.52. The lowest BCUT2D eigenvalue weighted by Gasteiger charge is -2.07. The van der Waals surface area contributed by atoms with E-state index in [4.69, 9.17) is 4.42 Å². The minimum absolute atomic E-state index is 0.138. The molecular weight excluding hydrogens is 328 g/mol. The molecule has 1 aromatic heterocycles. The number of amidine groups is 1. The second kappa shape index (κ2) is 6.76. The zero-order valence-electron chi connectivity index (χ0n) is 13.1. The first-order valence-corrected chi connectivity index (χ1v) is 7.88. The van der Waals surface area contributed by atoms with Crippen LogP contribution in [0.4, 0.5) is 5.69 Å². The molecule has 0 aliphatic carbocycles. The molecule has 0 radical (unpaired) electrons. The van der Waals surface area contributed by atoms with Crippen molar-refractivity contribution in [3.05, 3.63) is 58.9 Å². The van der Waals surface area contributed by atoms with Crippen molar-refractivity contribution in [2.24, 2.45) is 4.99 Å². The lowest BCUT2D eigenvalue weighted by Crippen LogP contribution is -2.23. The van der Waals surface area contributed by atoms with Gasteiger partial charge in [-0.15, -0.1) is 0 Å². The van der Waals surface area contributed by atoms with E-state index in [1.807, 2.05) is 0 Å². The van der Waals surface area contributed by atoms with E-state index >= 15 is 0 Å². The molecule has 0 atom stereocenters. The summed E-state index contributed by atoms with van der Waals surface area (Å²) in [6.45, 7) is 0. The van der Waals surface area contributed by atoms with Gasteiger partial charge < -0.3 is 9.15 Å². The number of benzene rings is 1. The third-order valence-electron chi connectivity index (χ3n) is 3.33. The highest BCUT2D eigenvalue weighted by atomic mass is 32.2. The highest BCUT2D eigenvalue weighted by molar-refractivity contribution is 8.18. The van der Waals surface area contributed by atoms with Crippen molar-refractivity contribution in [3.63, 3.8) is 0 Å². The van der Waals surface area contributed by atoms with Crippen molar-refractivity contribution < 1.29 is 18.7 Å². The van der Waals surface area contributed by atoms with Crippen LogP contribution >= 0.6 is 11.8 Å². The third kappa shape index (κ3) is 3.26. The highest BCUT2D eigenvalue weighted by Crippen LogP contribution is 2.33. The molecule has 1 aliphatic heterocycles. The third-order valence-corrected chi connectivity index (χ3v) is 4.39. The molecule has 0 saturated carbocycles. The number of hydrogen-bond donors (Lipinski definition) is 0. The summed E-state index contributed by atoms with van der Waals surface area (Å²) in [4.78, 5) is 30.2. The monoisotopic (exact) mass is 342 g/mol. The van der Waals surface area contributed by atoms with Crippen molar-refractivity contribution in [2.75, 3.05) is 14.2 Å². The van der Waals surface area contributed by atoms with Crippen molar-refractivity contribution in [3.8, 4) is 0 Å². The van der Waals surface area contributed by atoms with E-state index < -0.39 is 5.97 Å². The quantitative estimate of drug-likeness (QED) is 0.632. The van der Waals surface area contributed by atoms with E-state index in [2.05, 4.69) is 9.73 Å². The Bertz CT molecular complexity index is 823. The van der Waals surface area contributed by atoms with Crippen molar-refractivity contribution in [1.29, 1.82) is 0 Å². The average molecular weight is 342 g/mol. The van der Waals surface area contributed by atoms with Crippen LogP contribution in [0.3, 0.4) is 0 Å². The zero-order chi connectivity index (χ0) is 17.1. The number of carbonyl (C=O) groups excluding carboxylic acids is 2. The highest BCUT2D eigenvalue weighted by Gasteiger charge is 2.30. The van der Waals surface area contributed by atoms with Gasteiger partial charge in [-0.1, -0.05) is 0 Å². The predicted octanol–water partition coefficient (Wildman–Crippen LogP) is 3.30. The lowest BCUT2D eigenvalue weighted by atomic mass is 10.2. The van der Waals surface area contributed by atoms with E-state index in [1.54, 1.807) is 55.8 Å². The summed E-state index contributed by atoms with van der Waals surface area (Å²) in [5.74, 6) is 0.0738.